The topological polar surface area (TPSA) is 53.6 Å². The van der Waals surface area contributed by atoms with Crippen LogP contribution in [-0.4, -0.2) is 61.8 Å². The lowest BCUT2D eigenvalue weighted by molar-refractivity contribution is -0.136. The predicted molar refractivity (Wildman–Crippen MR) is 70.5 cm³/mol. The van der Waals surface area contributed by atoms with E-state index in [4.69, 9.17) is 4.74 Å². The number of likely N-dealkylation sites (tertiary alicyclic amines) is 1. The van der Waals surface area contributed by atoms with Crippen molar-refractivity contribution < 1.29 is 9.53 Å². The molecule has 0 aromatic heterocycles. The molecule has 2 heterocycles. The molecule has 2 atom stereocenters. The second-order valence-electron chi connectivity index (χ2n) is 5.96. The van der Waals surface area contributed by atoms with Crippen LogP contribution in [0.4, 0.5) is 0 Å². The van der Waals surface area contributed by atoms with Crippen molar-refractivity contribution in [1.82, 2.24) is 15.5 Å². The van der Waals surface area contributed by atoms with Gasteiger partial charge in [-0.3, -0.25) is 4.79 Å². The van der Waals surface area contributed by atoms with Crippen LogP contribution in [0.1, 0.15) is 26.7 Å². The van der Waals surface area contributed by atoms with Crippen molar-refractivity contribution in [1.29, 1.82) is 0 Å². The van der Waals surface area contributed by atoms with Gasteiger partial charge in [0.25, 0.3) is 0 Å². The first-order valence-corrected chi connectivity index (χ1v) is 6.83. The minimum absolute atomic E-state index is 0.0184. The minimum atomic E-state index is -0.141. The molecule has 2 N–H and O–H groups in total. The molecule has 5 heteroatoms. The molecule has 5 nitrogen and oxygen atoms in total. The third-order valence-corrected chi connectivity index (χ3v) is 4.12. The molecule has 0 saturated carbocycles. The van der Waals surface area contributed by atoms with E-state index in [1.165, 1.54) is 0 Å². The highest BCUT2D eigenvalue weighted by Gasteiger charge is 2.33. The standard InChI is InChI=1S/C13H25N3O2/c1-10-6-11(4-5-16(10)3)15-12(17)7-18-13(2)8-14-9-13/h10-11,14H,4-9H2,1-3H3,(H,15,17). The Morgan fingerprint density at radius 1 is 1.56 bits per heavy atom. The highest BCUT2D eigenvalue weighted by atomic mass is 16.5. The fourth-order valence-corrected chi connectivity index (χ4v) is 2.51. The fraction of sp³-hybridized carbons (Fsp3) is 0.923. The summed E-state index contributed by atoms with van der Waals surface area (Å²) < 4.78 is 5.63. The summed E-state index contributed by atoms with van der Waals surface area (Å²) in [5, 5.41) is 6.23. The van der Waals surface area contributed by atoms with E-state index < -0.39 is 0 Å². The predicted octanol–water partition coefficient (Wildman–Crippen LogP) is -0.0362. The van der Waals surface area contributed by atoms with Crippen LogP contribution in [0.25, 0.3) is 0 Å². The largest absolute Gasteiger partial charge is 0.363 e. The van der Waals surface area contributed by atoms with Gasteiger partial charge in [0.15, 0.2) is 0 Å². The van der Waals surface area contributed by atoms with Crippen molar-refractivity contribution in [3.05, 3.63) is 0 Å². The molecule has 0 radical (unpaired) electrons. The summed E-state index contributed by atoms with van der Waals surface area (Å²) in [6.45, 7) is 7.15. The van der Waals surface area contributed by atoms with E-state index in [0.29, 0.717) is 12.1 Å². The monoisotopic (exact) mass is 255 g/mol. The zero-order valence-electron chi connectivity index (χ0n) is 11.7. The molecule has 0 aromatic carbocycles. The first kappa shape index (κ1) is 13.8. The van der Waals surface area contributed by atoms with Crippen LogP contribution in [-0.2, 0) is 9.53 Å². The number of nitrogens with one attached hydrogen (secondary N) is 2. The molecule has 0 aliphatic carbocycles. The van der Waals surface area contributed by atoms with E-state index in [9.17, 15) is 4.79 Å². The van der Waals surface area contributed by atoms with Gasteiger partial charge < -0.3 is 20.3 Å². The number of hydrogen-bond donors (Lipinski definition) is 2. The van der Waals surface area contributed by atoms with Gasteiger partial charge in [-0.15, -0.1) is 0 Å². The molecule has 2 fully saturated rings. The van der Waals surface area contributed by atoms with Crippen LogP contribution in [0.3, 0.4) is 0 Å². The molecular weight excluding hydrogens is 230 g/mol. The molecule has 2 unspecified atom stereocenters. The Balaban J connectivity index is 1.67. The number of nitrogens with zero attached hydrogens (tertiary/aromatic N) is 1. The third-order valence-electron chi connectivity index (χ3n) is 4.12. The Morgan fingerprint density at radius 3 is 2.83 bits per heavy atom. The van der Waals surface area contributed by atoms with Gasteiger partial charge in [-0.1, -0.05) is 0 Å². The second kappa shape index (κ2) is 5.55. The SMILES string of the molecule is CC1CC(NC(=O)COC2(C)CNC2)CCN1C. The summed E-state index contributed by atoms with van der Waals surface area (Å²) in [6, 6.07) is 0.845. The van der Waals surface area contributed by atoms with Gasteiger partial charge in [0.1, 0.15) is 6.61 Å². The summed E-state index contributed by atoms with van der Waals surface area (Å²) in [7, 11) is 2.14. The molecule has 0 spiro atoms. The van der Waals surface area contributed by atoms with Crippen LogP contribution in [0.15, 0.2) is 0 Å². The Kier molecular flexibility index (Phi) is 4.25. The Hall–Kier alpha value is -0.650. The average Bonchev–Trinajstić information content (AvgIpc) is 2.29. The fourth-order valence-electron chi connectivity index (χ4n) is 2.51. The van der Waals surface area contributed by atoms with Gasteiger partial charge >= 0.3 is 0 Å². The lowest BCUT2D eigenvalue weighted by atomic mass is 9.99. The van der Waals surface area contributed by atoms with Gasteiger partial charge in [0, 0.05) is 31.7 Å². The molecule has 18 heavy (non-hydrogen) atoms. The van der Waals surface area contributed by atoms with E-state index in [2.05, 4.69) is 29.5 Å². The molecule has 0 bridgehead atoms. The molecular formula is C13H25N3O2. The summed E-state index contributed by atoms with van der Waals surface area (Å²) in [6.07, 6.45) is 2.06. The third kappa shape index (κ3) is 3.43. The highest BCUT2D eigenvalue weighted by Crippen LogP contribution is 2.16. The molecule has 2 aliphatic rings. The number of rotatable bonds is 4. The number of hydrogen-bond acceptors (Lipinski definition) is 4. The first-order chi connectivity index (χ1) is 8.48. The molecule has 2 saturated heterocycles. The summed E-state index contributed by atoms with van der Waals surface area (Å²) >= 11 is 0. The zero-order valence-corrected chi connectivity index (χ0v) is 11.7. The number of ether oxygens (including phenoxy) is 1. The Labute approximate surface area is 109 Å². The normalized spacial score (nSPS) is 31.7. The van der Waals surface area contributed by atoms with E-state index >= 15 is 0 Å². The lowest BCUT2D eigenvalue weighted by Crippen LogP contribution is -2.60. The number of carbonyl (C=O) groups excluding carboxylic acids is 1. The van der Waals surface area contributed by atoms with Gasteiger partial charge in [-0.25, -0.2) is 0 Å². The smallest absolute Gasteiger partial charge is 0.246 e. The van der Waals surface area contributed by atoms with E-state index in [1.807, 2.05) is 6.92 Å². The average molecular weight is 255 g/mol. The number of piperidine rings is 1. The second-order valence-corrected chi connectivity index (χ2v) is 5.96. The summed E-state index contributed by atoms with van der Waals surface area (Å²) in [5.74, 6) is 0.0184. The maximum atomic E-state index is 11.8. The summed E-state index contributed by atoms with van der Waals surface area (Å²) in [4.78, 5) is 14.1. The number of amides is 1. The molecule has 0 aromatic rings. The van der Waals surface area contributed by atoms with Gasteiger partial charge in [-0.05, 0) is 33.7 Å². The number of carbonyl (C=O) groups is 1. The highest BCUT2D eigenvalue weighted by molar-refractivity contribution is 5.77. The van der Waals surface area contributed by atoms with Crippen molar-refractivity contribution in [2.24, 2.45) is 0 Å². The Bertz CT molecular complexity index is 305. The van der Waals surface area contributed by atoms with Gasteiger partial charge in [0.05, 0.1) is 5.60 Å². The zero-order chi connectivity index (χ0) is 13.2. The van der Waals surface area contributed by atoms with E-state index in [0.717, 1.165) is 32.5 Å². The molecule has 104 valence electrons. The maximum absolute atomic E-state index is 11.8. The van der Waals surface area contributed by atoms with Crippen molar-refractivity contribution in [2.75, 3.05) is 33.3 Å². The van der Waals surface area contributed by atoms with Crippen molar-refractivity contribution in [2.45, 2.75) is 44.4 Å². The van der Waals surface area contributed by atoms with E-state index in [-0.39, 0.29) is 18.1 Å². The van der Waals surface area contributed by atoms with Gasteiger partial charge in [-0.2, -0.15) is 0 Å². The summed E-state index contributed by atoms with van der Waals surface area (Å²) in [5.41, 5.74) is -0.141. The van der Waals surface area contributed by atoms with Crippen molar-refractivity contribution in [3.8, 4) is 0 Å². The molecule has 2 aliphatic heterocycles. The van der Waals surface area contributed by atoms with Crippen LogP contribution in [0.2, 0.25) is 0 Å². The quantitative estimate of drug-likeness (QED) is 0.740. The molecule has 1 amide bonds. The first-order valence-electron chi connectivity index (χ1n) is 6.83. The van der Waals surface area contributed by atoms with Crippen LogP contribution < -0.4 is 10.6 Å². The lowest BCUT2D eigenvalue weighted by Gasteiger charge is -2.39. The minimum Gasteiger partial charge on any atom is -0.363 e. The molecule has 2 rings (SSSR count). The van der Waals surface area contributed by atoms with Crippen LogP contribution >= 0.6 is 0 Å². The van der Waals surface area contributed by atoms with Gasteiger partial charge in [0.2, 0.25) is 5.91 Å². The van der Waals surface area contributed by atoms with Crippen molar-refractivity contribution in [3.63, 3.8) is 0 Å². The van der Waals surface area contributed by atoms with Crippen LogP contribution in [0, 0.1) is 0 Å². The Morgan fingerprint density at radius 2 is 2.28 bits per heavy atom. The van der Waals surface area contributed by atoms with Crippen molar-refractivity contribution >= 4 is 5.91 Å². The van der Waals surface area contributed by atoms with Crippen LogP contribution in [0.5, 0.6) is 0 Å². The maximum Gasteiger partial charge on any atom is 0.246 e. The van der Waals surface area contributed by atoms with E-state index in [1.54, 1.807) is 0 Å².